The van der Waals surface area contributed by atoms with E-state index in [-0.39, 0.29) is 0 Å². The molecule has 3 unspecified atom stereocenters. The Morgan fingerprint density at radius 3 is 0.812 bits per heavy atom. The van der Waals surface area contributed by atoms with Crippen LogP contribution >= 0.6 is 7.82 Å². The van der Waals surface area contributed by atoms with E-state index in [1.54, 1.807) is 0 Å². The minimum Gasteiger partial charge on any atom is -0.396 e. The van der Waals surface area contributed by atoms with Crippen molar-refractivity contribution in [2.45, 2.75) is 119 Å². The van der Waals surface area contributed by atoms with E-state index < -0.39 is 7.82 Å². The Hall–Kier alpha value is -0.0100. The van der Waals surface area contributed by atoms with Gasteiger partial charge in [-0.15, -0.1) is 0 Å². The van der Waals surface area contributed by atoms with Crippen LogP contribution in [0.5, 0.6) is 0 Å². The Balaban J connectivity index is -0.000000167. The van der Waals surface area contributed by atoms with Gasteiger partial charge in [0.05, 0.1) is 0 Å². The van der Waals surface area contributed by atoms with Crippen molar-refractivity contribution in [3.63, 3.8) is 0 Å². The highest BCUT2D eigenvalue weighted by Crippen LogP contribution is 2.25. The molecule has 200 valence electrons. The summed E-state index contributed by atoms with van der Waals surface area (Å²) in [5, 5.41) is 26.3. The van der Waals surface area contributed by atoms with Gasteiger partial charge >= 0.3 is 7.82 Å². The van der Waals surface area contributed by atoms with Crippen LogP contribution in [0.15, 0.2) is 0 Å². The lowest BCUT2D eigenvalue weighted by Gasteiger charge is -2.08. The summed E-state index contributed by atoms with van der Waals surface area (Å²) < 4.78 is 8.88. The smallest absolute Gasteiger partial charge is 0.396 e. The highest BCUT2D eigenvalue weighted by molar-refractivity contribution is 7.45. The monoisotopic (exact) mass is 488 g/mol. The predicted octanol–water partition coefficient (Wildman–Crippen LogP) is 5.66. The maximum absolute atomic E-state index is 8.88. The zero-order valence-electron chi connectivity index (χ0n) is 21.9. The molecule has 7 nitrogen and oxygen atoms in total. The van der Waals surface area contributed by atoms with Crippen molar-refractivity contribution in [1.82, 2.24) is 0 Å². The fourth-order valence-corrected chi connectivity index (χ4v) is 2.75. The Kier molecular flexibility index (Phi) is 38.0. The largest absolute Gasteiger partial charge is 0.466 e. The third-order valence-corrected chi connectivity index (χ3v) is 5.40. The molecule has 0 spiro atoms. The number of unbranched alkanes of at least 4 members (excludes halogenated alkanes) is 3. The van der Waals surface area contributed by atoms with Gasteiger partial charge in [-0.3, -0.25) is 0 Å². The molecule has 0 saturated heterocycles. The summed E-state index contributed by atoms with van der Waals surface area (Å²) in [4.78, 5) is 21.6. The highest BCUT2D eigenvalue weighted by Gasteiger charge is 2.03. The standard InChI is InChI=1S/3C8H18O.H3O4P/c3*1-3-5-6-8(4-2)7-9;1-5(2,3)4/h3*8-9H,3-7H2,1-2H3;(H3,1,2,3,4). The molecule has 0 aromatic carbocycles. The fourth-order valence-electron chi connectivity index (χ4n) is 2.75. The third-order valence-electron chi connectivity index (χ3n) is 5.40. The fraction of sp³-hybridized carbons (Fsp3) is 1.00. The van der Waals surface area contributed by atoms with E-state index >= 15 is 0 Å². The van der Waals surface area contributed by atoms with Crippen molar-refractivity contribution >= 4 is 7.82 Å². The summed E-state index contributed by atoms with van der Waals surface area (Å²) in [6.07, 6.45) is 14.5. The SMILES string of the molecule is CCCCC(CC)CO.CCCCC(CC)CO.CCCCC(CC)CO.O=P(O)(O)O. The summed E-state index contributed by atoms with van der Waals surface area (Å²) in [5.74, 6) is 1.68. The van der Waals surface area contributed by atoms with Gasteiger partial charge in [0.2, 0.25) is 0 Å². The molecule has 0 amide bonds. The first kappa shape index (κ1) is 39.2. The van der Waals surface area contributed by atoms with Crippen LogP contribution in [0.25, 0.3) is 0 Å². The molecule has 0 radical (unpaired) electrons. The van der Waals surface area contributed by atoms with Crippen molar-refractivity contribution < 1.29 is 34.6 Å². The van der Waals surface area contributed by atoms with Crippen LogP contribution in [0.3, 0.4) is 0 Å². The minimum atomic E-state index is -4.64. The summed E-state index contributed by atoms with van der Waals surface area (Å²) in [7, 11) is -4.64. The first-order valence-electron chi connectivity index (χ1n) is 12.6. The minimum absolute atomic E-state index is 0.372. The number of hydrogen-bond acceptors (Lipinski definition) is 4. The van der Waals surface area contributed by atoms with E-state index in [4.69, 9.17) is 34.6 Å². The van der Waals surface area contributed by atoms with E-state index in [1.807, 2.05) is 0 Å². The summed E-state index contributed by atoms with van der Waals surface area (Å²) in [6, 6.07) is 0. The second kappa shape index (κ2) is 31.0. The molecule has 0 rings (SSSR count). The second-order valence-corrected chi connectivity index (χ2v) is 9.34. The lowest BCUT2D eigenvalue weighted by Crippen LogP contribution is -2.03. The van der Waals surface area contributed by atoms with Crippen molar-refractivity contribution in [2.75, 3.05) is 19.8 Å². The van der Waals surface area contributed by atoms with Gasteiger partial charge in [0.15, 0.2) is 0 Å². The number of phosphoric acid groups is 1. The van der Waals surface area contributed by atoms with E-state index in [1.165, 1.54) is 57.8 Å². The van der Waals surface area contributed by atoms with Crippen LogP contribution < -0.4 is 0 Å². The molecule has 0 aliphatic heterocycles. The summed E-state index contributed by atoms with van der Waals surface area (Å²) in [5.41, 5.74) is 0. The summed E-state index contributed by atoms with van der Waals surface area (Å²) >= 11 is 0. The highest BCUT2D eigenvalue weighted by atomic mass is 31.2. The van der Waals surface area contributed by atoms with Crippen molar-refractivity contribution in [2.24, 2.45) is 17.8 Å². The van der Waals surface area contributed by atoms with Gasteiger partial charge in [-0.1, -0.05) is 99.3 Å². The van der Waals surface area contributed by atoms with Gasteiger partial charge in [-0.2, -0.15) is 0 Å². The average molecular weight is 489 g/mol. The zero-order valence-corrected chi connectivity index (χ0v) is 22.8. The normalized spacial score (nSPS) is 13.4. The van der Waals surface area contributed by atoms with Crippen LogP contribution in [0, 0.1) is 17.8 Å². The lowest BCUT2D eigenvalue weighted by molar-refractivity contribution is 0.212. The molecule has 6 N–H and O–H groups in total. The predicted molar refractivity (Wildman–Crippen MR) is 135 cm³/mol. The number of hydrogen-bond donors (Lipinski definition) is 6. The Bertz CT molecular complexity index is 306. The van der Waals surface area contributed by atoms with Gasteiger partial charge in [-0.25, -0.2) is 4.57 Å². The molecule has 0 aliphatic carbocycles. The number of aliphatic hydroxyl groups is 3. The van der Waals surface area contributed by atoms with Crippen LogP contribution in [-0.4, -0.2) is 49.8 Å². The average Bonchev–Trinajstić information content (AvgIpc) is 2.76. The Morgan fingerprint density at radius 1 is 0.531 bits per heavy atom. The molecule has 0 aromatic rings. The Morgan fingerprint density at radius 2 is 0.719 bits per heavy atom. The van der Waals surface area contributed by atoms with Gasteiger partial charge in [-0.05, 0) is 37.0 Å². The molecule has 3 atom stereocenters. The topological polar surface area (TPSA) is 138 Å². The quantitative estimate of drug-likeness (QED) is 0.164. The van der Waals surface area contributed by atoms with Crippen molar-refractivity contribution in [1.29, 1.82) is 0 Å². The molecular weight excluding hydrogens is 431 g/mol. The second-order valence-electron chi connectivity index (χ2n) is 8.31. The molecule has 8 heteroatoms. The van der Waals surface area contributed by atoms with E-state index in [0.717, 1.165) is 19.3 Å². The lowest BCUT2D eigenvalue weighted by atomic mass is 10.0. The molecule has 0 aliphatic rings. The van der Waals surface area contributed by atoms with Crippen LogP contribution in [0.4, 0.5) is 0 Å². The van der Waals surface area contributed by atoms with Gasteiger partial charge in [0.1, 0.15) is 0 Å². The number of rotatable bonds is 15. The summed E-state index contributed by atoms with van der Waals surface area (Å²) in [6.45, 7) is 14.1. The third kappa shape index (κ3) is 43.8. The molecular formula is C24H57O7P. The molecule has 0 fully saturated rings. The van der Waals surface area contributed by atoms with Crippen molar-refractivity contribution in [3.8, 4) is 0 Å². The van der Waals surface area contributed by atoms with Gasteiger partial charge in [0, 0.05) is 19.8 Å². The van der Waals surface area contributed by atoms with Crippen LogP contribution in [-0.2, 0) is 4.57 Å². The van der Waals surface area contributed by atoms with Crippen LogP contribution in [0.1, 0.15) is 119 Å². The maximum Gasteiger partial charge on any atom is 0.466 e. The molecule has 0 heterocycles. The van der Waals surface area contributed by atoms with Crippen LogP contribution in [0.2, 0.25) is 0 Å². The molecule has 0 saturated carbocycles. The maximum atomic E-state index is 8.88. The Labute approximate surface area is 198 Å². The first-order valence-corrected chi connectivity index (χ1v) is 14.2. The van der Waals surface area contributed by atoms with E-state index in [2.05, 4.69) is 41.5 Å². The molecule has 0 bridgehead atoms. The molecule has 0 aromatic heterocycles. The first-order chi connectivity index (χ1) is 15.0. The zero-order chi connectivity index (χ0) is 25.8. The van der Waals surface area contributed by atoms with Crippen molar-refractivity contribution in [3.05, 3.63) is 0 Å². The van der Waals surface area contributed by atoms with Gasteiger partial charge in [0.25, 0.3) is 0 Å². The van der Waals surface area contributed by atoms with E-state index in [9.17, 15) is 0 Å². The van der Waals surface area contributed by atoms with E-state index in [0.29, 0.717) is 37.6 Å². The van der Waals surface area contributed by atoms with Gasteiger partial charge < -0.3 is 30.0 Å². The number of aliphatic hydroxyl groups excluding tert-OH is 3. The molecule has 32 heavy (non-hydrogen) atoms.